The molecule has 1 aromatic heterocycles. The highest BCUT2D eigenvalue weighted by Gasteiger charge is 2.22. The van der Waals surface area contributed by atoms with Crippen LogP contribution in [0.1, 0.15) is 29.8 Å². The number of carbonyl (C=O) groups is 2. The van der Waals surface area contributed by atoms with Crippen molar-refractivity contribution in [3.63, 3.8) is 0 Å². The number of aryl methyl sites for hydroxylation is 1. The van der Waals surface area contributed by atoms with Gasteiger partial charge >= 0.3 is 5.97 Å². The zero-order valence-corrected chi connectivity index (χ0v) is 20.7. The molecule has 33 heavy (non-hydrogen) atoms. The Bertz CT molecular complexity index is 1260. The zero-order chi connectivity index (χ0) is 24.2. The van der Waals surface area contributed by atoms with Gasteiger partial charge in [-0.2, -0.15) is 0 Å². The summed E-state index contributed by atoms with van der Waals surface area (Å²) in [5.74, 6) is -1.19. The number of hydrogen-bond acceptors (Lipinski definition) is 6. The third-order valence-electron chi connectivity index (χ3n) is 4.57. The predicted octanol–water partition coefficient (Wildman–Crippen LogP) is 5.60. The maximum absolute atomic E-state index is 12.5. The molecule has 0 bridgehead atoms. The number of carbonyl (C=O) groups excluding carboxylic acids is 2. The number of esters is 1. The summed E-state index contributed by atoms with van der Waals surface area (Å²) in [5, 5.41) is 2.69. The van der Waals surface area contributed by atoms with Crippen molar-refractivity contribution in [1.29, 1.82) is 0 Å². The van der Waals surface area contributed by atoms with Gasteiger partial charge in [0.25, 0.3) is 15.9 Å². The number of hydrogen-bond donors (Lipinski definition) is 2. The van der Waals surface area contributed by atoms with Gasteiger partial charge in [-0.3, -0.25) is 9.52 Å². The molecule has 0 saturated carbocycles. The Morgan fingerprint density at radius 1 is 1.03 bits per heavy atom. The average molecular weight is 527 g/mol. The summed E-state index contributed by atoms with van der Waals surface area (Å²) in [6.45, 7) is 3.50. The van der Waals surface area contributed by atoms with Crippen LogP contribution in [-0.4, -0.2) is 26.4 Å². The average Bonchev–Trinajstić information content (AvgIpc) is 3.13. The number of anilines is 2. The molecule has 174 valence electrons. The Balaban J connectivity index is 1.60. The second kappa shape index (κ2) is 10.6. The fraction of sp³-hybridized carbons (Fsp3) is 0.182. The SMILES string of the molecule is CCc1ccc(NC(=O)C(C)OC(=O)c2ccc(NS(=O)(=O)c3cc(Cl)sc3Cl)cc2)cc1. The van der Waals surface area contributed by atoms with Crippen molar-refractivity contribution in [3.8, 4) is 0 Å². The van der Waals surface area contributed by atoms with E-state index in [0.29, 0.717) is 5.69 Å². The molecule has 0 fully saturated rings. The van der Waals surface area contributed by atoms with Crippen LogP contribution >= 0.6 is 34.5 Å². The number of ether oxygens (including phenoxy) is 1. The molecule has 11 heteroatoms. The highest BCUT2D eigenvalue weighted by Crippen LogP contribution is 2.35. The molecule has 3 aromatic rings. The molecular formula is C22H20Cl2N2O5S2. The smallest absolute Gasteiger partial charge is 0.338 e. The van der Waals surface area contributed by atoms with E-state index >= 15 is 0 Å². The second-order valence-electron chi connectivity index (χ2n) is 6.96. The van der Waals surface area contributed by atoms with Crippen molar-refractivity contribution in [2.75, 3.05) is 10.0 Å². The van der Waals surface area contributed by atoms with Crippen LogP contribution in [0.2, 0.25) is 8.67 Å². The van der Waals surface area contributed by atoms with Gasteiger partial charge < -0.3 is 10.1 Å². The van der Waals surface area contributed by atoms with E-state index in [-0.39, 0.29) is 24.8 Å². The van der Waals surface area contributed by atoms with Gasteiger partial charge in [0.05, 0.1) is 9.90 Å². The van der Waals surface area contributed by atoms with Crippen molar-refractivity contribution < 1.29 is 22.7 Å². The van der Waals surface area contributed by atoms with Crippen LogP contribution in [0.4, 0.5) is 11.4 Å². The van der Waals surface area contributed by atoms with E-state index in [1.165, 1.54) is 37.3 Å². The summed E-state index contributed by atoms with van der Waals surface area (Å²) < 4.78 is 32.8. The molecule has 2 N–H and O–H groups in total. The van der Waals surface area contributed by atoms with Crippen molar-refractivity contribution in [2.24, 2.45) is 0 Å². The Hall–Kier alpha value is -2.59. The third kappa shape index (κ3) is 6.48. The monoisotopic (exact) mass is 526 g/mol. The van der Waals surface area contributed by atoms with Crippen LogP contribution in [0.3, 0.4) is 0 Å². The second-order valence-corrected chi connectivity index (χ2v) is 10.9. The van der Waals surface area contributed by atoms with Gasteiger partial charge in [0.15, 0.2) is 6.10 Å². The van der Waals surface area contributed by atoms with Gasteiger partial charge in [-0.25, -0.2) is 13.2 Å². The van der Waals surface area contributed by atoms with Crippen molar-refractivity contribution in [3.05, 3.63) is 74.4 Å². The summed E-state index contributed by atoms with van der Waals surface area (Å²) >= 11 is 12.7. The third-order valence-corrected chi connectivity index (χ3v) is 7.70. The van der Waals surface area contributed by atoms with Crippen LogP contribution < -0.4 is 10.0 Å². The first-order valence-corrected chi connectivity index (χ1v) is 12.8. The summed E-state index contributed by atoms with van der Waals surface area (Å²) in [6, 6.07) is 14.2. The molecule has 3 rings (SSSR count). The number of nitrogens with one attached hydrogen (secondary N) is 2. The minimum Gasteiger partial charge on any atom is -0.449 e. The molecule has 0 aliphatic heterocycles. The van der Waals surface area contributed by atoms with Gasteiger partial charge in [0, 0.05) is 11.4 Å². The molecule has 0 aliphatic carbocycles. The molecule has 2 aromatic carbocycles. The van der Waals surface area contributed by atoms with Crippen LogP contribution in [0.25, 0.3) is 0 Å². The largest absolute Gasteiger partial charge is 0.449 e. The normalized spacial score (nSPS) is 12.1. The molecule has 0 saturated heterocycles. The van der Waals surface area contributed by atoms with Crippen LogP contribution in [0.15, 0.2) is 59.5 Å². The van der Waals surface area contributed by atoms with E-state index in [9.17, 15) is 18.0 Å². The number of benzene rings is 2. The van der Waals surface area contributed by atoms with Crippen LogP contribution in [-0.2, 0) is 26.0 Å². The Kier molecular flexibility index (Phi) is 8.01. The van der Waals surface area contributed by atoms with Gasteiger partial charge in [0.1, 0.15) is 9.23 Å². The van der Waals surface area contributed by atoms with Crippen LogP contribution in [0.5, 0.6) is 0 Å². The zero-order valence-electron chi connectivity index (χ0n) is 17.6. The highest BCUT2D eigenvalue weighted by molar-refractivity contribution is 7.93. The molecule has 1 amide bonds. The van der Waals surface area contributed by atoms with Gasteiger partial charge in [-0.15, -0.1) is 11.3 Å². The fourth-order valence-corrected chi connectivity index (χ4v) is 5.95. The van der Waals surface area contributed by atoms with E-state index in [4.69, 9.17) is 27.9 Å². The lowest BCUT2D eigenvalue weighted by atomic mass is 10.1. The minimum atomic E-state index is -3.95. The Morgan fingerprint density at radius 3 is 2.18 bits per heavy atom. The summed E-state index contributed by atoms with van der Waals surface area (Å²) in [4.78, 5) is 24.6. The first kappa shape index (κ1) is 25.0. The van der Waals surface area contributed by atoms with E-state index in [1.54, 1.807) is 12.1 Å². The molecular weight excluding hydrogens is 507 g/mol. The van der Waals surface area contributed by atoms with Crippen molar-refractivity contribution in [2.45, 2.75) is 31.3 Å². The highest BCUT2D eigenvalue weighted by atomic mass is 35.5. The number of thiophene rings is 1. The molecule has 1 heterocycles. The van der Waals surface area contributed by atoms with E-state index in [1.807, 2.05) is 19.1 Å². The number of halogens is 2. The van der Waals surface area contributed by atoms with E-state index in [2.05, 4.69) is 10.0 Å². The Morgan fingerprint density at radius 2 is 1.64 bits per heavy atom. The summed E-state index contributed by atoms with van der Waals surface area (Å²) in [6.07, 6.45) is -0.148. The number of rotatable bonds is 8. The lowest BCUT2D eigenvalue weighted by Gasteiger charge is -2.14. The molecule has 0 aliphatic rings. The molecule has 0 spiro atoms. The number of amides is 1. The quantitative estimate of drug-likeness (QED) is 0.372. The molecule has 7 nitrogen and oxygen atoms in total. The van der Waals surface area contributed by atoms with E-state index in [0.717, 1.165) is 23.3 Å². The maximum atomic E-state index is 12.5. The van der Waals surface area contributed by atoms with E-state index < -0.39 is 28.0 Å². The molecule has 0 radical (unpaired) electrons. The fourth-order valence-electron chi connectivity index (χ4n) is 2.74. The summed E-state index contributed by atoms with van der Waals surface area (Å²) in [7, 11) is -3.95. The van der Waals surface area contributed by atoms with Crippen molar-refractivity contribution in [1.82, 2.24) is 0 Å². The summed E-state index contributed by atoms with van der Waals surface area (Å²) in [5.41, 5.74) is 2.11. The van der Waals surface area contributed by atoms with Gasteiger partial charge in [0.2, 0.25) is 0 Å². The predicted molar refractivity (Wildman–Crippen MR) is 131 cm³/mol. The topological polar surface area (TPSA) is 102 Å². The Labute approximate surface area is 205 Å². The lowest BCUT2D eigenvalue weighted by molar-refractivity contribution is -0.123. The molecule has 1 unspecified atom stereocenters. The first-order chi connectivity index (χ1) is 15.6. The van der Waals surface area contributed by atoms with Crippen LogP contribution in [0, 0.1) is 0 Å². The lowest BCUT2D eigenvalue weighted by Crippen LogP contribution is -2.30. The van der Waals surface area contributed by atoms with Crippen molar-refractivity contribution >= 4 is 67.8 Å². The maximum Gasteiger partial charge on any atom is 0.338 e. The van der Waals surface area contributed by atoms with Gasteiger partial charge in [-0.05, 0) is 61.4 Å². The number of sulfonamides is 1. The first-order valence-electron chi connectivity index (χ1n) is 9.77. The van der Waals surface area contributed by atoms with Gasteiger partial charge in [-0.1, -0.05) is 42.3 Å². The standard InChI is InChI=1S/C22H20Cl2N2O5S2/c1-3-14-4-8-16(9-5-14)25-21(27)13(2)31-22(28)15-6-10-17(11-7-15)26-33(29,30)18-12-19(23)32-20(18)24/h4-13,26H,3H2,1-2H3,(H,25,27). The molecule has 1 atom stereocenters. The minimum absolute atomic E-state index is 0.0428.